The van der Waals surface area contributed by atoms with Gasteiger partial charge in [-0.25, -0.2) is 4.73 Å². The molecule has 0 aliphatic carbocycles. The molecule has 0 saturated carbocycles. The van der Waals surface area contributed by atoms with E-state index in [1.54, 1.807) is 7.11 Å². The van der Waals surface area contributed by atoms with Crippen molar-refractivity contribution in [3.8, 4) is 0 Å². The van der Waals surface area contributed by atoms with Crippen LogP contribution in [-0.4, -0.2) is 28.8 Å². The van der Waals surface area contributed by atoms with Gasteiger partial charge in [-0.2, -0.15) is 0 Å². The Balaban J connectivity index is 2.83. The lowest BCUT2D eigenvalue weighted by Crippen LogP contribution is -2.18. The minimum Gasteiger partial charge on any atom is -0.310 e. The summed E-state index contributed by atoms with van der Waals surface area (Å²) in [6, 6.07) is 0. The smallest absolute Gasteiger partial charge is 0.113 e. The lowest BCUT2D eigenvalue weighted by Gasteiger charge is -2.10. The average Bonchev–Trinajstić information content (AvgIpc) is 1.68. The van der Waals surface area contributed by atoms with Crippen LogP contribution in [0, 0.1) is 0 Å². The number of hydroxylamine groups is 1. The number of hydrogen-bond donors (Lipinski definition) is 0. The van der Waals surface area contributed by atoms with Crippen molar-refractivity contribution >= 4 is 10.4 Å². The van der Waals surface area contributed by atoms with E-state index in [9.17, 15) is 0 Å². The Morgan fingerprint density at radius 1 is 1.71 bits per heavy atom. The summed E-state index contributed by atoms with van der Waals surface area (Å²) in [5, 5.41) is 0. The van der Waals surface area contributed by atoms with Crippen LogP contribution >= 0.6 is 0 Å². The Hall–Kier alpha value is 0.137. The van der Waals surface area contributed by atoms with Gasteiger partial charge in [0.15, 0.2) is 0 Å². The highest BCUT2D eigenvalue weighted by Crippen LogP contribution is 1.81. The maximum absolute atomic E-state index is 4.89. The molecule has 0 N–H and O–H groups in total. The molecule has 0 spiro atoms. The number of nitrogens with zero attached hydrogens (tertiary/aromatic N) is 1. The molecule has 44 valence electrons. The Bertz CT molecular complexity index is 42.7. The summed E-state index contributed by atoms with van der Waals surface area (Å²) in [6.45, 7) is 3.21. The van der Waals surface area contributed by atoms with E-state index in [0.717, 1.165) is 16.9 Å². The monoisotopic (exact) mass is 119 g/mol. The number of rotatable bonds is 3. The maximum Gasteiger partial charge on any atom is 0.113 e. The van der Waals surface area contributed by atoms with Crippen molar-refractivity contribution in [3.05, 3.63) is 0 Å². The SMILES string of the molecule is CCCN([SiH3])OC. The molecule has 2 nitrogen and oxygen atoms in total. The third-order valence-corrected chi connectivity index (χ3v) is 1.66. The molecular weight excluding hydrogens is 106 g/mol. The van der Waals surface area contributed by atoms with Gasteiger partial charge in [0, 0.05) is 6.54 Å². The highest BCUT2D eigenvalue weighted by atomic mass is 28.2. The fraction of sp³-hybridized carbons (Fsp3) is 1.00. The quantitative estimate of drug-likeness (QED) is 0.368. The molecule has 0 unspecified atom stereocenters. The fourth-order valence-corrected chi connectivity index (χ4v) is 0.853. The fourth-order valence-electron chi connectivity index (χ4n) is 0.406. The van der Waals surface area contributed by atoms with Crippen LogP contribution in [0.5, 0.6) is 0 Å². The van der Waals surface area contributed by atoms with Crippen molar-refractivity contribution in [1.29, 1.82) is 0 Å². The molecule has 0 rings (SSSR count). The highest BCUT2D eigenvalue weighted by molar-refractivity contribution is 6.03. The van der Waals surface area contributed by atoms with E-state index in [1.165, 1.54) is 6.42 Å². The van der Waals surface area contributed by atoms with Gasteiger partial charge < -0.3 is 4.84 Å². The molecule has 0 fully saturated rings. The summed E-state index contributed by atoms with van der Waals surface area (Å²) in [7, 11) is 2.72. The first-order chi connectivity index (χ1) is 3.31. The normalized spacial score (nSPS) is 10.7. The lowest BCUT2D eigenvalue weighted by atomic mass is 10.5. The van der Waals surface area contributed by atoms with Crippen molar-refractivity contribution in [1.82, 2.24) is 4.73 Å². The van der Waals surface area contributed by atoms with Crippen LogP contribution in [0.2, 0.25) is 0 Å². The van der Waals surface area contributed by atoms with Crippen LogP contribution in [0.15, 0.2) is 0 Å². The minimum absolute atomic E-state index is 1.01. The van der Waals surface area contributed by atoms with E-state index in [1.807, 2.05) is 4.73 Å². The van der Waals surface area contributed by atoms with Gasteiger partial charge in [-0.3, -0.25) is 0 Å². The van der Waals surface area contributed by atoms with E-state index >= 15 is 0 Å². The maximum atomic E-state index is 4.89. The van der Waals surface area contributed by atoms with Gasteiger partial charge in [-0.05, 0) is 6.42 Å². The summed E-state index contributed by atoms with van der Waals surface area (Å²) >= 11 is 0. The highest BCUT2D eigenvalue weighted by Gasteiger charge is 1.86. The lowest BCUT2D eigenvalue weighted by molar-refractivity contribution is -0.0479. The van der Waals surface area contributed by atoms with E-state index in [2.05, 4.69) is 6.92 Å². The topological polar surface area (TPSA) is 12.5 Å². The molecule has 0 radical (unpaired) electrons. The van der Waals surface area contributed by atoms with Crippen LogP contribution in [0.25, 0.3) is 0 Å². The van der Waals surface area contributed by atoms with E-state index < -0.39 is 0 Å². The zero-order chi connectivity index (χ0) is 5.70. The summed E-state index contributed by atoms with van der Waals surface area (Å²) in [6.07, 6.45) is 1.18. The Labute approximate surface area is 47.9 Å². The molecule has 3 heteroatoms. The van der Waals surface area contributed by atoms with Crippen molar-refractivity contribution < 1.29 is 4.84 Å². The first-order valence-electron chi connectivity index (χ1n) is 2.56. The van der Waals surface area contributed by atoms with Gasteiger partial charge >= 0.3 is 0 Å². The van der Waals surface area contributed by atoms with Crippen molar-refractivity contribution in [2.45, 2.75) is 13.3 Å². The molecule has 0 atom stereocenters. The molecule has 0 aromatic heterocycles. The first-order valence-corrected chi connectivity index (χ1v) is 3.46. The van der Waals surface area contributed by atoms with Gasteiger partial charge in [0.25, 0.3) is 0 Å². The molecule has 0 aliphatic rings. The van der Waals surface area contributed by atoms with Gasteiger partial charge in [-0.15, -0.1) is 0 Å². The predicted molar refractivity (Wildman–Crippen MR) is 33.9 cm³/mol. The zero-order valence-electron chi connectivity index (χ0n) is 5.27. The van der Waals surface area contributed by atoms with Gasteiger partial charge in [-0.1, -0.05) is 6.92 Å². The molecule has 7 heavy (non-hydrogen) atoms. The van der Waals surface area contributed by atoms with Crippen LogP contribution in [0.3, 0.4) is 0 Å². The summed E-state index contributed by atoms with van der Waals surface area (Å²) in [5.41, 5.74) is 0. The Morgan fingerprint density at radius 3 is 2.43 bits per heavy atom. The molecule has 0 aliphatic heterocycles. The van der Waals surface area contributed by atoms with Crippen LogP contribution in [0.1, 0.15) is 13.3 Å². The average molecular weight is 119 g/mol. The summed E-state index contributed by atoms with van der Waals surface area (Å²) in [5.74, 6) is 0. The Kier molecular flexibility index (Phi) is 4.38. The molecule has 0 heterocycles. The van der Waals surface area contributed by atoms with E-state index in [-0.39, 0.29) is 0 Å². The minimum atomic E-state index is 1.01. The standard InChI is InChI=1S/C4H13NOSi/c1-3-4-5(7)6-2/h3-4H2,1-2,7H3. The molecular formula is C4H13NOSi. The third kappa shape index (κ3) is 3.98. The summed E-state index contributed by atoms with van der Waals surface area (Å²) in [4.78, 5) is 4.89. The second kappa shape index (κ2) is 4.30. The molecule has 0 aromatic rings. The van der Waals surface area contributed by atoms with Crippen LogP contribution in [0.4, 0.5) is 0 Å². The second-order valence-electron chi connectivity index (χ2n) is 1.53. The number of hydrogen-bond acceptors (Lipinski definition) is 2. The second-order valence-corrected chi connectivity index (χ2v) is 2.53. The first kappa shape index (κ1) is 7.14. The zero-order valence-corrected chi connectivity index (χ0v) is 7.27. The predicted octanol–water partition coefficient (Wildman–Crippen LogP) is -0.460. The van der Waals surface area contributed by atoms with E-state index in [0.29, 0.717) is 0 Å². The van der Waals surface area contributed by atoms with Gasteiger partial charge in [0.1, 0.15) is 10.4 Å². The van der Waals surface area contributed by atoms with Gasteiger partial charge in [0.05, 0.1) is 7.11 Å². The molecule has 0 saturated heterocycles. The van der Waals surface area contributed by atoms with Crippen molar-refractivity contribution in [2.75, 3.05) is 13.7 Å². The van der Waals surface area contributed by atoms with Crippen LogP contribution in [-0.2, 0) is 4.84 Å². The Morgan fingerprint density at radius 2 is 2.29 bits per heavy atom. The van der Waals surface area contributed by atoms with Gasteiger partial charge in [0.2, 0.25) is 0 Å². The molecule has 0 amide bonds. The largest absolute Gasteiger partial charge is 0.310 e. The summed E-state index contributed by atoms with van der Waals surface area (Å²) < 4.78 is 1.94. The van der Waals surface area contributed by atoms with Crippen molar-refractivity contribution in [3.63, 3.8) is 0 Å². The molecule has 0 bridgehead atoms. The third-order valence-electron chi connectivity index (χ3n) is 0.850. The van der Waals surface area contributed by atoms with Crippen molar-refractivity contribution in [2.24, 2.45) is 0 Å². The molecule has 0 aromatic carbocycles. The van der Waals surface area contributed by atoms with E-state index in [4.69, 9.17) is 4.84 Å². The van der Waals surface area contributed by atoms with Crippen LogP contribution < -0.4 is 0 Å².